The summed E-state index contributed by atoms with van der Waals surface area (Å²) in [5, 5.41) is 17.4. The van der Waals surface area contributed by atoms with E-state index in [0.29, 0.717) is 35.6 Å². The van der Waals surface area contributed by atoms with Crippen LogP contribution in [0.3, 0.4) is 0 Å². The van der Waals surface area contributed by atoms with Gasteiger partial charge in [-0.2, -0.15) is 23.5 Å². The molecular weight excluding hydrogens is 666 g/mol. The Balaban J connectivity index is 1.67. The quantitative estimate of drug-likeness (QED) is 0.207. The summed E-state index contributed by atoms with van der Waals surface area (Å²) in [5.41, 5.74) is 0.00212. The SMILES string of the molecule is CCN1C(=O)[C@@H](CNC(=O)c2cccc(C(F)(F)F)c2)[C@@H](c2ccc(F)cc2)c2c(C(=O)N(C)[C@H](C#N)CCN(C)C)nn(-c3ccccc3)c21. The van der Waals surface area contributed by atoms with Gasteiger partial charge in [0.05, 0.1) is 23.2 Å². The molecule has 0 bridgehead atoms. The van der Waals surface area contributed by atoms with Crippen molar-refractivity contribution in [3.05, 3.63) is 113 Å². The molecule has 3 aromatic carbocycles. The molecule has 0 fully saturated rings. The van der Waals surface area contributed by atoms with Gasteiger partial charge in [-0.25, -0.2) is 9.07 Å². The van der Waals surface area contributed by atoms with Crippen LogP contribution in [0.25, 0.3) is 5.69 Å². The zero-order chi connectivity index (χ0) is 37.0. The maximum Gasteiger partial charge on any atom is 0.416 e. The molecule has 51 heavy (non-hydrogen) atoms. The molecule has 0 spiro atoms. The summed E-state index contributed by atoms with van der Waals surface area (Å²) in [6.07, 6.45) is -4.33. The van der Waals surface area contributed by atoms with E-state index in [4.69, 9.17) is 5.10 Å². The molecule has 5 rings (SSSR count). The van der Waals surface area contributed by atoms with Gasteiger partial charge in [0.1, 0.15) is 17.7 Å². The molecule has 14 heteroatoms. The molecule has 1 aliphatic heterocycles. The highest BCUT2D eigenvalue weighted by atomic mass is 19.4. The highest BCUT2D eigenvalue weighted by molar-refractivity contribution is 6.04. The standard InChI is InChI=1S/C37H37F4N7O3/c1-5-47-34-31(32(44-48(34)27-12-7-6-8-13-27)36(51)46(4)28(21-42)18-19-45(2)3)30(23-14-16-26(38)17-15-23)29(35(47)50)22-43-33(49)24-10-9-11-25(20-24)37(39,40)41/h6-17,20,28-30H,5,18-19,22H2,1-4H3,(H,43,49)/t28-,29-,30+/m0/s1. The zero-order valence-corrected chi connectivity index (χ0v) is 28.5. The van der Waals surface area contributed by atoms with Gasteiger partial charge in [0.2, 0.25) is 5.91 Å². The van der Waals surface area contributed by atoms with E-state index in [2.05, 4.69) is 11.4 Å². The summed E-state index contributed by atoms with van der Waals surface area (Å²) in [6.45, 7) is 2.05. The van der Waals surface area contributed by atoms with Crippen molar-refractivity contribution in [3.63, 3.8) is 0 Å². The molecule has 1 aliphatic rings. The molecule has 4 aromatic rings. The van der Waals surface area contributed by atoms with Crippen molar-refractivity contribution in [2.24, 2.45) is 5.92 Å². The number of rotatable bonds is 11. The van der Waals surface area contributed by atoms with Crippen LogP contribution in [0.1, 0.15) is 56.8 Å². The van der Waals surface area contributed by atoms with Crippen molar-refractivity contribution in [3.8, 4) is 11.8 Å². The third-order valence-corrected chi connectivity index (χ3v) is 8.92. The van der Waals surface area contributed by atoms with Crippen LogP contribution in [0.15, 0.2) is 78.9 Å². The minimum Gasteiger partial charge on any atom is -0.351 e. The first-order valence-electron chi connectivity index (χ1n) is 16.3. The second kappa shape index (κ2) is 15.1. The van der Waals surface area contributed by atoms with Gasteiger partial charge in [-0.05, 0) is 75.5 Å². The highest BCUT2D eigenvalue weighted by Gasteiger charge is 2.47. The van der Waals surface area contributed by atoms with E-state index in [-0.39, 0.29) is 24.3 Å². The van der Waals surface area contributed by atoms with Gasteiger partial charge in [0.25, 0.3) is 11.8 Å². The number of halogens is 4. The number of hydrogen-bond acceptors (Lipinski definition) is 6. The number of carbonyl (C=O) groups excluding carboxylic acids is 3. The predicted octanol–water partition coefficient (Wildman–Crippen LogP) is 5.49. The summed E-state index contributed by atoms with van der Waals surface area (Å²) < 4.78 is 56.0. The fourth-order valence-corrected chi connectivity index (χ4v) is 6.28. The molecule has 1 aromatic heterocycles. The Morgan fingerprint density at radius 1 is 1.02 bits per heavy atom. The number of nitriles is 1. The van der Waals surface area contributed by atoms with E-state index in [1.54, 1.807) is 37.3 Å². The van der Waals surface area contributed by atoms with E-state index in [9.17, 15) is 37.2 Å². The molecule has 0 radical (unpaired) electrons. The Morgan fingerprint density at radius 3 is 2.31 bits per heavy atom. The fourth-order valence-electron chi connectivity index (χ4n) is 6.28. The average Bonchev–Trinajstić information content (AvgIpc) is 3.50. The lowest BCUT2D eigenvalue weighted by Gasteiger charge is -2.38. The number of aromatic nitrogens is 2. The largest absolute Gasteiger partial charge is 0.416 e. The number of benzene rings is 3. The number of carbonyl (C=O) groups is 3. The lowest BCUT2D eigenvalue weighted by molar-refractivity contribution is -0.137. The monoisotopic (exact) mass is 703 g/mol. The number of fused-ring (bicyclic) bond motifs is 1. The van der Waals surface area contributed by atoms with Crippen molar-refractivity contribution in [2.45, 2.75) is 31.5 Å². The first-order valence-corrected chi connectivity index (χ1v) is 16.3. The average molecular weight is 704 g/mol. The minimum atomic E-state index is -4.67. The molecule has 0 aliphatic carbocycles. The Morgan fingerprint density at radius 2 is 1.71 bits per heavy atom. The maximum absolute atomic E-state index is 14.5. The summed E-state index contributed by atoms with van der Waals surface area (Å²) in [6, 6.07) is 19.6. The smallest absolute Gasteiger partial charge is 0.351 e. The Bertz CT molecular complexity index is 1940. The van der Waals surface area contributed by atoms with Crippen LogP contribution in [-0.4, -0.2) is 84.1 Å². The van der Waals surface area contributed by atoms with Gasteiger partial charge in [0.15, 0.2) is 5.69 Å². The third-order valence-electron chi connectivity index (χ3n) is 8.92. The van der Waals surface area contributed by atoms with Crippen molar-refractivity contribution in [1.29, 1.82) is 5.26 Å². The molecule has 0 saturated heterocycles. The van der Waals surface area contributed by atoms with E-state index >= 15 is 0 Å². The number of nitrogens with one attached hydrogen (secondary N) is 1. The van der Waals surface area contributed by atoms with E-state index < -0.39 is 53.2 Å². The lowest BCUT2D eigenvalue weighted by Crippen LogP contribution is -2.49. The zero-order valence-electron chi connectivity index (χ0n) is 28.5. The highest BCUT2D eigenvalue weighted by Crippen LogP contribution is 2.46. The summed E-state index contributed by atoms with van der Waals surface area (Å²) in [4.78, 5) is 46.8. The number of alkyl halides is 3. The first kappa shape index (κ1) is 36.7. The molecular formula is C37H37F4N7O3. The lowest BCUT2D eigenvalue weighted by atomic mass is 9.76. The van der Waals surface area contributed by atoms with Gasteiger partial charge in [-0.15, -0.1) is 0 Å². The molecule has 3 atom stereocenters. The van der Waals surface area contributed by atoms with Crippen LogP contribution in [-0.2, 0) is 11.0 Å². The fraction of sp³-hybridized carbons (Fsp3) is 0.324. The van der Waals surface area contributed by atoms with Gasteiger partial charge in [0, 0.05) is 43.7 Å². The molecule has 3 amide bonds. The van der Waals surface area contributed by atoms with E-state index in [1.165, 1.54) is 51.9 Å². The summed E-state index contributed by atoms with van der Waals surface area (Å²) in [7, 11) is 5.21. The first-order chi connectivity index (χ1) is 24.3. The van der Waals surface area contributed by atoms with Gasteiger partial charge < -0.3 is 15.1 Å². The second-order valence-corrected chi connectivity index (χ2v) is 12.5. The number of hydrogen-bond donors (Lipinski definition) is 1. The number of nitrogens with zero attached hydrogens (tertiary/aromatic N) is 6. The number of para-hydroxylation sites is 1. The van der Waals surface area contributed by atoms with Gasteiger partial charge in [-0.1, -0.05) is 36.4 Å². The number of amides is 3. The van der Waals surface area contributed by atoms with Crippen LogP contribution in [0.5, 0.6) is 0 Å². The Hall–Kier alpha value is -5.55. The Kier molecular flexibility index (Phi) is 10.9. The topological polar surface area (TPSA) is 115 Å². The van der Waals surface area contributed by atoms with Crippen LogP contribution in [0, 0.1) is 23.1 Å². The maximum atomic E-state index is 14.5. The third kappa shape index (κ3) is 7.63. The molecule has 0 unspecified atom stereocenters. The van der Waals surface area contributed by atoms with Crippen LogP contribution in [0.4, 0.5) is 23.4 Å². The normalized spacial score (nSPS) is 16.4. The molecule has 266 valence electrons. The molecule has 2 heterocycles. The summed E-state index contributed by atoms with van der Waals surface area (Å²) >= 11 is 0. The van der Waals surface area contributed by atoms with Crippen LogP contribution >= 0.6 is 0 Å². The Labute approximate surface area is 292 Å². The predicted molar refractivity (Wildman–Crippen MR) is 182 cm³/mol. The van der Waals surface area contributed by atoms with Crippen molar-refractivity contribution >= 4 is 23.5 Å². The van der Waals surface area contributed by atoms with Crippen molar-refractivity contribution in [2.75, 3.05) is 45.7 Å². The number of anilines is 1. The summed E-state index contributed by atoms with van der Waals surface area (Å²) in [5.74, 6) is -4.19. The molecule has 0 saturated carbocycles. The van der Waals surface area contributed by atoms with E-state index in [0.717, 1.165) is 18.2 Å². The minimum absolute atomic E-state index is 0.0454. The second-order valence-electron chi connectivity index (χ2n) is 12.5. The van der Waals surface area contributed by atoms with E-state index in [1.807, 2.05) is 19.0 Å². The van der Waals surface area contributed by atoms with Gasteiger partial charge >= 0.3 is 6.18 Å². The van der Waals surface area contributed by atoms with Crippen molar-refractivity contribution in [1.82, 2.24) is 24.9 Å². The van der Waals surface area contributed by atoms with Crippen LogP contribution < -0.4 is 10.2 Å². The molecule has 10 nitrogen and oxygen atoms in total. The molecule has 1 N–H and O–H groups in total. The van der Waals surface area contributed by atoms with Crippen molar-refractivity contribution < 1.29 is 31.9 Å². The van der Waals surface area contributed by atoms with Gasteiger partial charge in [-0.3, -0.25) is 19.3 Å². The van der Waals surface area contributed by atoms with Crippen LogP contribution in [0.2, 0.25) is 0 Å².